The van der Waals surface area contributed by atoms with Crippen LogP contribution in [0.3, 0.4) is 0 Å². The number of rotatable bonds is 3. The Labute approximate surface area is 136 Å². The Morgan fingerprint density at radius 2 is 1.39 bits per heavy atom. The second kappa shape index (κ2) is 6.77. The Balaban J connectivity index is 2.01. The summed E-state index contributed by atoms with van der Waals surface area (Å²) >= 11 is 0. The van der Waals surface area contributed by atoms with E-state index in [0.29, 0.717) is 12.1 Å². The van der Waals surface area contributed by atoms with E-state index in [-0.39, 0.29) is 17.7 Å². The minimum absolute atomic E-state index is 0.00394. The highest BCUT2D eigenvalue weighted by Crippen LogP contribution is 2.31. The molecule has 1 saturated heterocycles. The summed E-state index contributed by atoms with van der Waals surface area (Å²) in [5, 5.41) is 3.48. The van der Waals surface area contributed by atoms with Crippen molar-refractivity contribution in [2.75, 3.05) is 13.1 Å². The van der Waals surface area contributed by atoms with E-state index in [1.807, 2.05) is 24.3 Å². The van der Waals surface area contributed by atoms with Crippen LogP contribution in [0.2, 0.25) is 0 Å². The highest BCUT2D eigenvalue weighted by atomic mass is 19.1. The van der Waals surface area contributed by atoms with Crippen LogP contribution in [0.15, 0.2) is 48.5 Å². The zero-order valence-corrected chi connectivity index (χ0v) is 13.5. The fraction of sp³-hybridized carbons (Fsp3) is 0.368. The van der Waals surface area contributed by atoms with Gasteiger partial charge in [0.25, 0.3) is 0 Å². The molecule has 0 spiro atoms. The number of piperazine rings is 1. The average molecular weight is 316 g/mol. The minimum Gasteiger partial charge on any atom is -0.311 e. The van der Waals surface area contributed by atoms with Gasteiger partial charge in [-0.25, -0.2) is 8.78 Å². The first-order chi connectivity index (χ1) is 11.0. The van der Waals surface area contributed by atoms with Gasteiger partial charge >= 0.3 is 0 Å². The summed E-state index contributed by atoms with van der Waals surface area (Å²) in [4.78, 5) is 2.40. The molecule has 2 aromatic carbocycles. The third-order valence-electron chi connectivity index (χ3n) is 4.52. The lowest BCUT2D eigenvalue weighted by atomic mass is 9.94. The summed E-state index contributed by atoms with van der Waals surface area (Å²) in [5.74, 6) is -0.485. The number of hydrogen-bond acceptors (Lipinski definition) is 2. The maximum atomic E-state index is 13.3. The summed E-state index contributed by atoms with van der Waals surface area (Å²) in [6, 6.07) is 14.0. The normalized spacial score (nSPS) is 22.5. The molecule has 2 aromatic rings. The second-order valence-corrected chi connectivity index (χ2v) is 6.36. The Kier molecular flexibility index (Phi) is 4.74. The molecule has 2 atom stereocenters. The maximum absolute atomic E-state index is 13.3. The van der Waals surface area contributed by atoms with Crippen LogP contribution in [-0.4, -0.2) is 30.1 Å². The molecule has 0 saturated carbocycles. The van der Waals surface area contributed by atoms with Crippen LogP contribution in [0, 0.1) is 11.6 Å². The monoisotopic (exact) mass is 316 g/mol. The van der Waals surface area contributed by atoms with E-state index in [4.69, 9.17) is 0 Å². The highest BCUT2D eigenvalue weighted by molar-refractivity contribution is 5.32. The third-order valence-corrected chi connectivity index (χ3v) is 4.52. The summed E-state index contributed by atoms with van der Waals surface area (Å²) in [6.07, 6.45) is 0. The molecule has 2 unspecified atom stereocenters. The zero-order valence-electron chi connectivity index (χ0n) is 13.5. The van der Waals surface area contributed by atoms with Crippen LogP contribution in [0.1, 0.15) is 31.0 Å². The maximum Gasteiger partial charge on any atom is 0.123 e. The van der Waals surface area contributed by atoms with Crippen LogP contribution < -0.4 is 5.32 Å². The first-order valence-electron chi connectivity index (χ1n) is 8.04. The van der Waals surface area contributed by atoms with Gasteiger partial charge in [0.1, 0.15) is 11.6 Å². The molecule has 3 rings (SSSR count). The van der Waals surface area contributed by atoms with Crippen molar-refractivity contribution in [1.29, 1.82) is 0 Å². The van der Waals surface area contributed by atoms with Gasteiger partial charge in [-0.2, -0.15) is 0 Å². The molecule has 1 heterocycles. The van der Waals surface area contributed by atoms with Gasteiger partial charge in [0.15, 0.2) is 0 Å². The Morgan fingerprint density at radius 1 is 0.913 bits per heavy atom. The standard InChI is InChI=1S/C19H22F2N2/c1-13-12-23(14(2)11-22-13)19(15-3-7-17(20)8-4-15)16-5-9-18(21)10-6-16/h3-10,13-14,19,22H,11-12H2,1-2H3. The molecule has 4 heteroatoms. The van der Waals surface area contributed by atoms with Crippen molar-refractivity contribution in [2.24, 2.45) is 0 Å². The van der Waals surface area contributed by atoms with Crippen LogP contribution in [0.25, 0.3) is 0 Å². The van der Waals surface area contributed by atoms with Gasteiger partial charge in [-0.3, -0.25) is 4.90 Å². The fourth-order valence-electron chi connectivity index (χ4n) is 3.28. The largest absolute Gasteiger partial charge is 0.311 e. The van der Waals surface area contributed by atoms with Crippen molar-refractivity contribution >= 4 is 0 Å². The van der Waals surface area contributed by atoms with Crippen molar-refractivity contribution in [2.45, 2.75) is 32.0 Å². The molecule has 1 N–H and O–H groups in total. The summed E-state index contributed by atoms with van der Waals surface area (Å²) in [6.45, 7) is 6.13. The van der Waals surface area contributed by atoms with E-state index in [9.17, 15) is 8.78 Å². The molecule has 0 amide bonds. The molecule has 23 heavy (non-hydrogen) atoms. The first kappa shape index (κ1) is 16.1. The topological polar surface area (TPSA) is 15.3 Å². The number of halogens is 2. The van der Waals surface area contributed by atoms with E-state index in [0.717, 1.165) is 24.2 Å². The van der Waals surface area contributed by atoms with Crippen LogP contribution >= 0.6 is 0 Å². The smallest absolute Gasteiger partial charge is 0.123 e. The third kappa shape index (κ3) is 3.59. The molecule has 1 aliphatic rings. The summed E-state index contributed by atoms with van der Waals surface area (Å²) < 4.78 is 26.6. The predicted octanol–water partition coefficient (Wildman–Crippen LogP) is 3.74. The van der Waals surface area contributed by atoms with Crippen molar-refractivity contribution < 1.29 is 8.78 Å². The minimum atomic E-state index is -0.242. The molecule has 1 aliphatic heterocycles. The van der Waals surface area contributed by atoms with E-state index in [1.54, 1.807) is 0 Å². The molecule has 0 aliphatic carbocycles. The van der Waals surface area contributed by atoms with Gasteiger partial charge in [-0.15, -0.1) is 0 Å². The molecular weight excluding hydrogens is 294 g/mol. The molecule has 0 radical (unpaired) electrons. The second-order valence-electron chi connectivity index (χ2n) is 6.36. The van der Waals surface area contributed by atoms with Gasteiger partial charge in [0, 0.05) is 25.2 Å². The van der Waals surface area contributed by atoms with Gasteiger partial charge in [0.2, 0.25) is 0 Å². The van der Waals surface area contributed by atoms with Crippen LogP contribution in [0.5, 0.6) is 0 Å². The Morgan fingerprint density at radius 3 is 1.87 bits per heavy atom. The van der Waals surface area contributed by atoms with Crippen molar-refractivity contribution in [3.63, 3.8) is 0 Å². The number of benzene rings is 2. The van der Waals surface area contributed by atoms with E-state index in [2.05, 4.69) is 24.1 Å². The van der Waals surface area contributed by atoms with Crippen LogP contribution in [-0.2, 0) is 0 Å². The lowest BCUT2D eigenvalue weighted by molar-refractivity contribution is 0.113. The molecule has 0 aromatic heterocycles. The lowest BCUT2D eigenvalue weighted by Gasteiger charge is -2.43. The fourth-order valence-corrected chi connectivity index (χ4v) is 3.28. The quantitative estimate of drug-likeness (QED) is 0.928. The molecule has 122 valence electrons. The highest BCUT2D eigenvalue weighted by Gasteiger charge is 2.30. The van der Waals surface area contributed by atoms with Gasteiger partial charge in [0.05, 0.1) is 6.04 Å². The first-order valence-corrected chi connectivity index (χ1v) is 8.04. The Bertz CT molecular complexity index is 594. The van der Waals surface area contributed by atoms with Crippen LogP contribution in [0.4, 0.5) is 8.78 Å². The van der Waals surface area contributed by atoms with Gasteiger partial charge in [-0.05, 0) is 49.2 Å². The number of nitrogens with zero attached hydrogens (tertiary/aromatic N) is 1. The van der Waals surface area contributed by atoms with Crippen molar-refractivity contribution in [3.05, 3.63) is 71.3 Å². The van der Waals surface area contributed by atoms with E-state index in [1.165, 1.54) is 24.3 Å². The van der Waals surface area contributed by atoms with E-state index < -0.39 is 0 Å². The Hall–Kier alpha value is -1.78. The average Bonchev–Trinajstić information content (AvgIpc) is 2.54. The van der Waals surface area contributed by atoms with Gasteiger partial charge < -0.3 is 5.32 Å². The molecule has 1 fully saturated rings. The summed E-state index contributed by atoms with van der Waals surface area (Å²) in [7, 11) is 0. The lowest BCUT2D eigenvalue weighted by Crippen LogP contribution is -2.55. The number of nitrogens with one attached hydrogen (secondary N) is 1. The summed E-state index contributed by atoms with van der Waals surface area (Å²) in [5.41, 5.74) is 2.05. The van der Waals surface area contributed by atoms with Crippen molar-refractivity contribution in [3.8, 4) is 0 Å². The van der Waals surface area contributed by atoms with Crippen molar-refractivity contribution in [1.82, 2.24) is 10.2 Å². The molecule has 0 bridgehead atoms. The number of hydrogen-bond donors (Lipinski definition) is 1. The van der Waals surface area contributed by atoms with E-state index >= 15 is 0 Å². The molecular formula is C19H22F2N2. The predicted molar refractivity (Wildman–Crippen MR) is 88.3 cm³/mol. The SMILES string of the molecule is CC1CN(C(c2ccc(F)cc2)c2ccc(F)cc2)C(C)CN1. The zero-order chi connectivity index (χ0) is 16.4. The van der Waals surface area contributed by atoms with Gasteiger partial charge in [-0.1, -0.05) is 24.3 Å². The molecule has 2 nitrogen and oxygen atoms in total.